The monoisotopic (exact) mass is 953 g/mol. The van der Waals surface area contributed by atoms with Crippen LogP contribution in [-0.2, 0) is 5.41 Å². The SMILES string of the molecule is c1ccc(-c2cccc3c2-c2ccc(N(c4ccc(-c5ccc(C6CCCCC6)cc5)cc4)c4ccc(-c5ccccc5-c5ccc(C6CCCCC6)cc5)cc4)cc2C3(c2ccccc2)c2ccccc2)cc1. The lowest BCUT2D eigenvalue weighted by Gasteiger charge is -2.35. The molecule has 13 rings (SSSR count). The summed E-state index contributed by atoms with van der Waals surface area (Å²) in [5.41, 5.74) is 23.4. The van der Waals surface area contributed by atoms with Crippen LogP contribution in [0.5, 0.6) is 0 Å². The van der Waals surface area contributed by atoms with Crippen LogP contribution in [0.4, 0.5) is 17.1 Å². The van der Waals surface area contributed by atoms with Gasteiger partial charge < -0.3 is 4.90 Å². The van der Waals surface area contributed by atoms with Gasteiger partial charge in [0, 0.05) is 17.1 Å². The van der Waals surface area contributed by atoms with Gasteiger partial charge in [0.15, 0.2) is 0 Å². The van der Waals surface area contributed by atoms with Crippen LogP contribution in [0.25, 0.3) is 55.6 Å². The van der Waals surface area contributed by atoms with Crippen molar-refractivity contribution in [1.29, 1.82) is 0 Å². The van der Waals surface area contributed by atoms with E-state index in [2.05, 4.69) is 254 Å². The Kier molecular flexibility index (Phi) is 12.5. The molecule has 0 aliphatic heterocycles. The van der Waals surface area contributed by atoms with Gasteiger partial charge in [-0.2, -0.15) is 0 Å². The van der Waals surface area contributed by atoms with Crippen molar-refractivity contribution in [2.45, 2.75) is 81.5 Å². The molecule has 0 radical (unpaired) electrons. The minimum absolute atomic E-state index is 0.574. The molecule has 2 fully saturated rings. The molecule has 0 bridgehead atoms. The Morgan fingerprint density at radius 1 is 0.284 bits per heavy atom. The second kappa shape index (κ2) is 20.1. The minimum Gasteiger partial charge on any atom is -0.310 e. The van der Waals surface area contributed by atoms with Gasteiger partial charge in [0.25, 0.3) is 0 Å². The normalized spacial score (nSPS) is 15.3. The van der Waals surface area contributed by atoms with Crippen LogP contribution >= 0.6 is 0 Å². The molecule has 74 heavy (non-hydrogen) atoms. The van der Waals surface area contributed by atoms with Gasteiger partial charge in [0.2, 0.25) is 0 Å². The third-order valence-corrected chi connectivity index (χ3v) is 17.0. The number of benzene rings is 10. The van der Waals surface area contributed by atoms with Crippen molar-refractivity contribution >= 4 is 17.1 Å². The van der Waals surface area contributed by atoms with Crippen LogP contribution < -0.4 is 4.90 Å². The average molecular weight is 954 g/mol. The number of anilines is 3. The molecular weight excluding hydrogens is 891 g/mol. The molecule has 3 aliphatic rings. The predicted octanol–water partition coefficient (Wildman–Crippen LogP) is 20.3. The van der Waals surface area contributed by atoms with Gasteiger partial charge in [0.05, 0.1) is 5.41 Å². The van der Waals surface area contributed by atoms with Crippen molar-refractivity contribution < 1.29 is 0 Å². The highest BCUT2D eigenvalue weighted by Gasteiger charge is 2.47. The van der Waals surface area contributed by atoms with Gasteiger partial charge in [-0.1, -0.05) is 251 Å². The fraction of sp³-hybridized carbons (Fsp3) is 0.178. The predicted molar refractivity (Wildman–Crippen MR) is 312 cm³/mol. The summed E-state index contributed by atoms with van der Waals surface area (Å²) in [5, 5.41) is 0. The molecule has 10 aromatic rings. The minimum atomic E-state index is -0.574. The second-order valence-corrected chi connectivity index (χ2v) is 21.2. The largest absolute Gasteiger partial charge is 0.310 e. The van der Waals surface area contributed by atoms with E-state index in [-0.39, 0.29) is 0 Å². The zero-order valence-corrected chi connectivity index (χ0v) is 42.3. The van der Waals surface area contributed by atoms with E-state index in [1.165, 1.54) is 153 Å². The zero-order chi connectivity index (χ0) is 49.3. The van der Waals surface area contributed by atoms with E-state index in [1.54, 1.807) is 0 Å². The fourth-order valence-electron chi connectivity index (χ4n) is 13.3. The molecule has 0 amide bonds. The van der Waals surface area contributed by atoms with Crippen molar-refractivity contribution in [3.63, 3.8) is 0 Å². The van der Waals surface area contributed by atoms with Crippen LogP contribution in [0, 0.1) is 0 Å². The zero-order valence-electron chi connectivity index (χ0n) is 42.3. The van der Waals surface area contributed by atoms with E-state index < -0.39 is 5.41 Å². The first kappa shape index (κ1) is 45.8. The van der Waals surface area contributed by atoms with Crippen molar-refractivity contribution in [3.8, 4) is 55.6 Å². The Labute approximate surface area is 438 Å². The van der Waals surface area contributed by atoms with Crippen molar-refractivity contribution in [2.24, 2.45) is 0 Å². The van der Waals surface area contributed by atoms with Gasteiger partial charge in [-0.3, -0.25) is 0 Å². The molecule has 2 saturated carbocycles. The summed E-state index contributed by atoms with van der Waals surface area (Å²) in [7, 11) is 0. The molecule has 10 aromatic carbocycles. The number of hydrogen-bond donors (Lipinski definition) is 0. The van der Waals surface area contributed by atoms with Crippen molar-refractivity contribution in [3.05, 3.63) is 282 Å². The molecule has 1 nitrogen and oxygen atoms in total. The van der Waals surface area contributed by atoms with E-state index in [9.17, 15) is 0 Å². The number of nitrogens with zero attached hydrogens (tertiary/aromatic N) is 1. The van der Waals surface area contributed by atoms with Gasteiger partial charge in [-0.05, 0) is 163 Å². The fourth-order valence-corrected chi connectivity index (χ4v) is 13.3. The third kappa shape index (κ3) is 8.39. The quantitative estimate of drug-likeness (QED) is 0.125. The molecule has 0 aromatic heterocycles. The Bertz CT molecular complexity index is 3470. The molecule has 0 unspecified atom stereocenters. The second-order valence-electron chi connectivity index (χ2n) is 21.2. The van der Waals surface area contributed by atoms with Gasteiger partial charge in [-0.25, -0.2) is 0 Å². The highest BCUT2D eigenvalue weighted by molar-refractivity contribution is 5.97. The van der Waals surface area contributed by atoms with Gasteiger partial charge >= 0.3 is 0 Å². The molecule has 0 atom stereocenters. The lowest BCUT2D eigenvalue weighted by molar-refractivity contribution is 0.443. The van der Waals surface area contributed by atoms with Crippen molar-refractivity contribution in [1.82, 2.24) is 0 Å². The summed E-state index contributed by atoms with van der Waals surface area (Å²) < 4.78 is 0. The lowest BCUT2D eigenvalue weighted by Crippen LogP contribution is -2.28. The number of rotatable bonds is 11. The average Bonchev–Trinajstić information content (AvgIpc) is 3.89. The first-order chi connectivity index (χ1) is 36.7. The Morgan fingerprint density at radius 3 is 1.20 bits per heavy atom. The summed E-state index contributed by atoms with van der Waals surface area (Å²) in [4.78, 5) is 2.47. The van der Waals surface area contributed by atoms with Crippen LogP contribution in [0.1, 0.15) is 109 Å². The van der Waals surface area contributed by atoms with Gasteiger partial charge in [-0.15, -0.1) is 0 Å². The first-order valence-corrected chi connectivity index (χ1v) is 27.5. The summed E-state index contributed by atoms with van der Waals surface area (Å²) in [6, 6.07) is 94.0. The Balaban J connectivity index is 0.946. The van der Waals surface area contributed by atoms with Crippen LogP contribution in [0.2, 0.25) is 0 Å². The van der Waals surface area contributed by atoms with Crippen molar-refractivity contribution in [2.75, 3.05) is 4.90 Å². The Hall–Kier alpha value is -8.00. The van der Waals surface area contributed by atoms with E-state index in [0.29, 0.717) is 11.8 Å². The maximum absolute atomic E-state index is 2.50. The van der Waals surface area contributed by atoms with E-state index >= 15 is 0 Å². The third-order valence-electron chi connectivity index (χ3n) is 17.0. The van der Waals surface area contributed by atoms with Crippen LogP contribution in [-0.4, -0.2) is 0 Å². The first-order valence-electron chi connectivity index (χ1n) is 27.5. The van der Waals surface area contributed by atoms with Gasteiger partial charge in [0.1, 0.15) is 0 Å². The lowest BCUT2D eigenvalue weighted by atomic mass is 9.67. The van der Waals surface area contributed by atoms with E-state index in [0.717, 1.165) is 17.1 Å². The molecule has 0 spiro atoms. The molecule has 0 N–H and O–H groups in total. The summed E-state index contributed by atoms with van der Waals surface area (Å²) in [6.07, 6.45) is 13.4. The molecular formula is C73H63N. The molecule has 1 heteroatoms. The molecule has 0 heterocycles. The highest BCUT2D eigenvalue weighted by Crippen LogP contribution is 2.59. The smallest absolute Gasteiger partial charge is 0.0714 e. The summed E-state index contributed by atoms with van der Waals surface area (Å²) in [6.45, 7) is 0. The summed E-state index contributed by atoms with van der Waals surface area (Å²) >= 11 is 0. The summed E-state index contributed by atoms with van der Waals surface area (Å²) in [5.74, 6) is 1.39. The molecule has 360 valence electrons. The number of fused-ring (bicyclic) bond motifs is 3. The standard InChI is InChI=1S/C73H63N/c1-6-19-52(20-7-1)54-33-35-56(36-34-54)57-41-45-63(46-42-57)74(64-47-43-60(44-48-64)67-30-17-16-29-66(67)59-39-37-55(38-40-59)53-21-8-2-9-22-53)65-49-50-69-71(51-65)73(61-25-12-4-13-26-61,62-27-14-5-15-28-62)70-32-18-31-68(72(69)70)58-23-10-3-11-24-58/h3-5,10-18,23-53H,1-2,6-9,19-22H2. The highest BCUT2D eigenvalue weighted by atomic mass is 15.1. The Morgan fingerprint density at radius 2 is 0.689 bits per heavy atom. The maximum Gasteiger partial charge on any atom is 0.0714 e. The molecule has 0 saturated heterocycles. The maximum atomic E-state index is 2.50. The molecule has 3 aliphatic carbocycles. The van der Waals surface area contributed by atoms with Crippen LogP contribution in [0.3, 0.4) is 0 Å². The van der Waals surface area contributed by atoms with E-state index in [1.807, 2.05) is 0 Å². The number of hydrogen-bond acceptors (Lipinski definition) is 1. The van der Waals surface area contributed by atoms with Crippen LogP contribution in [0.15, 0.2) is 249 Å². The van der Waals surface area contributed by atoms with E-state index in [4.69, 9.17) is 0 Å². The topological polar surface area (TPSA) is 3.24 Å².